The molecule has 2 fully saturated rings. The molecule has 2 aliphatic carbocycles. The minimum atomic E-state index is -2.46. The minimum absolute atomic E-state index is 0.443. The summed E-state index contributed by atoms with van der Waals surface area (Å²) >= 11 is 0. The van der Waals surface area contributed by atoms with Crippen LogP contribution in [0, 0.1) is 76.2 Å². The van der Waals surface area contributed by atoms with Gasteiger partial charge in [0.2, 0.25) is 57.0 Å². The van der Waals surface area contributed by atoms with E-state index in [4.69, 9.17) is 41.6 Å². The van der Waals surface area contributed by atoms with E-state index >= 15 is 0 Å². The van der Waals surface area contributed by atoms with Gasteiger partial charge in [-0.05, 0) is 269 Å². The SMILES string of the molecule is Cc1cc[n+](C)c(-c2c(C)c3ccccc3c3oc4nc(C)ccc4c23)c1.[2H]C([2H])(C)c1cc[n+](C)c(-c2c(C)c3ccccc3c3oc4nc(C)ccc4c23)c1.[2H]C([2H])([2H])C([2H])(C)c1cc[n+](C)c(-c2c(C)c3ccccc3c3oc4nc(C)ccc4c23)c1.[2H]C1(c2cc[n+](C)c(-c3c(C)c4ccccc4c4oc5nc(C)ccc5c34)c2)CCCC1.[2H]C1(c2cc[n+](C)c(-c3c(C)c4ccccc4c4oc5nc(C)ccc5c34)c2)CCCCC1. The van der Waals surface area contributed by atoms with Gasteiger partial charge in [-0.25, -0.2) is 47.8 Å². The molecule has 0 spiro atoms. The third-order valence-corrected chi connectivity index (χ3v) is 30.9. The summed E-state index contributed by atoms with van der Waals surface area (Å²) in [5, 5.41) is 21.6. The second kappa shape index (κ2) is 38.2. The van der Waals surface area contributed by atoms with Crippen LogP contribution >= 0.6 is 0 Å². The molecule has 728 valence electrons. The number of pyridine rings is 10. The monoisotopic (exact) mass is 1940 g/mol. The molecule has 0 amide bonds. The third kappa shape index (κ3) is 16.6. The zero-order chi connectivity index (χ0) is 108. The van der Waals surface area contributed by atoms with E-state index in [1.165, 1.54) is 74.1 Å². The van der Waals surface area contributed by atoms with Crippen molar-refractivity contribution in [2.75, 3.05) is 0 Å². The number of fused-ring (bicyclic) bond motifs is 25. The molecule has 15 heterocycles. The Bertz CT molecular complexity index is 10100. The van der Waals surface area contributed by atoms with E-state index in [1.54, 1.807) is 13.0 Å². The number of aromatic nitrogens is 10. The van der Waals surface area contributed by atoms with Gasteiger partial charge in [0.1, 0.15) is 63.2 Å². The Kier molecular flexibility index (Phi) is 22.2. The lowest BCUT2D eigenvalue weighted by Gasteiger charge is -2.22. The second-order valence-corrected chi connectivity index (χ2v) is 40.5. The van der Waals surface area contributed by atoms with Crippen LogP contribution in [-0.2, 0) is 41.6 Å². The first-order valence-corrected chi connectivity index (χ1v) is 51.3. The lowest BCUT2D eigenvalue weighted by molar-refractivity contribution is -0.660. The van der Waals surface area contributed by atoms with E-state index in [1.807, 2.05) is 131 Å². The van der Waals surface area contributed by atoms with Gasteiger partial charge < -0.3 is 22.1 Å². The van der Waals surface area contributed by atoms with Gasteiger partial charge in [0, 0.05) is 181 Å². The minimum Gasteiger partial charge on any atom is -0.437 e. The van der Waals surface area contributed by atoms with Crippen molar-refractivity contribution in [1.29, 1.82) is 0 Å². The highest BCUT2D eigenvalue weighted by Crippen LogP contribution is 2.51. The van der Waals surface area contributed by atoms with Crippen molar-refractivity contribution in [3.05, 3.63) is 358 Å². The van der Waals surface area contributed by atoms with E-state index in [9.17, 15) is 1.37 Å². The molecule has 15 nitrogen and oxygen atoms in total. The van der Waals surface area contributed by atoms with Crippen LogP contribution in [0.2, 0.25) is 0 Å². The summed E-state index contributed by atoms with van der Waals surface area (Å²) < 4.78 is 109. The molecular weight excluding hydrogens is 1810 g/mol. The van der Waals surface area contributed by atoms with Crippen molar-refractivity contribution in [3.63, 3.8) is 0 Å². The molecule has 1 atom stereocenters. The molecule has 0 N–H and O–H groups in total. The molecule has 0 radical (unpaired) electrons. The van der Waals surface area contributed by atoms with Crippen molar-refractivity contribution in [3.8, 4) is 56.3 Å². The fourth-order valence-corrected chi connectivity index (χ4v) is 23.2. The van der Waals surface area contributed by atoms with Crippen LogP contribution in [0.4, 0.5) is 0 Å². The lowest BCUT2D eigenvalue weighted by Crippen LogP contribution is -2.31. The van der Waals surface area contributed by atoms with Gasteiger partial charge in [-0.1, -0.05) is 174 Å². The Hall–Kier alpha value is -16.0. The molecule has 15 aromatic heterocycles. The maximum absolute atomic E-state index is 9.23. The van der Waals surface area contributed by atoms with Gasteiger partial charge in [0.05, 0.1) is 27.8 Å². The zero-order valence-corrected chi connectivity index (χ0v) is 86.9. The number of furan rings is 5. The van der Waals surface area contributed by atoms with E-state index in [0.29, 0.717) is 39.7 Å². The smallest absolute Gasteiger partial charge is 0.227 e. The lowest BCUT2D eigenvalue weighted by atomic mass is 9.83. The maximum Gasteiger partial charge on any atom is 0.227 e. The summed E-state index contributed by atoms with van der Waals surface area (Å²) in [5.74, 6) is -2.72. The van der Waals surface area contributed by atoms with E-state index in [-0.39, 0.29) is 0 Å². The standard InChI is InChI=1S/C29H29N2O.C28H27N2O.C26H25N2O.C25H23N2O.C24H21N2O/c1-18-13-14-24-27-26(25-17-21(15-16-31(25)3)20-9-5-4-6-10-20)19(2)22-11-7-8-12-23(22)28(27)32-29(24)30-18;1-17-12-13-23-26-25(24-16-20(14-15-30(24)3)19-8-4-5-9-19)18(2)21-10-6-7-11-22(21)27(26)31-28(23)29-17;1-15(2)18-12-13-28(5)22(14-18)23-17(4)19-8-6-7-9-20(19)25-24(23)21-11-10-16(3)27-26(21)29-25;1-5-17-12-13-27(4)21(14-17)22-16(3)18-8-6-7-9-19(18)24-23(22)20-11-10-15(2)26-25(20)28-24;1-14-11-12-26(4)20(13-14)21-16(3)17-7-5-6-8-18(17)23-22(21)19-10-9-15(2)25-24(19)27-23/h7-8,11-17,20H,4-6,9-10H2,1-3H3;6-7,10-16,19H,4-5,8-9H2,1-3H3;6-15H,1-5H3;6-14H,5H2,1-4H3;5-13H,1-4H3/q5*+1/i20D;19D;1D3,15D;5D2;. The van der Waals surface area contributed by atoms with Crippen LogP contribution in [0.5, 0.6) is 0 Å². The third-order valence-electron chi connectivity index (χ3n) is 30.9. The van der Waals surface area contributed by atoms with Gasteiger partial charge in [0.15, 0.2) is 31.0 Å². The molecule has 0 aliphatic heterocycles. The fourth-order valence-electron chi connectivity index (χ4n) is 23.2. The summed E-state index contributed by atoms with van der Waals surface area (Å²) in [5.41, 5.74) is 33.5. The number of nitrogens with zero attached hydrogens (tertiary/aromatic N) is 10. The highest BCUT2D eigenvalue weighted by Gasteiger charge is 2.34. The average Bonchev–Trinajstić information content (AvgIpc) is 1.61. The predicted octanol–water partition coefficient (Wildman–Crippen LogP) is 31.9. The first-order chi connectivity index (χ1) is 74.2. The number of hydrogen-bond donors (Lipinski definition) is 0. The molecule has 25 aromatic rings. The quantitative estimate of drug-likeness (QED) is 0.128. The molecule has 147 heavy (non-hydrogen) atoms. The Morgan fingerprint density at radius 3 is 0.844 bits per heavy atom. The zero-order valence-electron chi connectivity index (χ0n) is 94.9. The van der Waals surface area contributed by atoms with Gasteiger partial charge >= 0.3 is 0 Å². The highest BCUT2D eigenvalue weighted by molar-refractivity contribution is 6.27. The first kappa shape index (κ1) is 85.4. The summed E-state index contributed by atoms with van der Waals surface area (Å²) in [6.45, 7) is 23.4. The van der Waals surface area contributed by atoms with Crippen LogP contribution in [0.1, 0.15) is 191 Å². The Labute approximate surface area is 867 Å². The molecule has 2 saturated carbocycles. The molecule has 2 aliphatic rings. The molecule has 15 heteroatoms. The topological polar surface area (TPSA) is 150 Å². The van der Waals surface area contributed by atoms with Crippen LogP contribution in [-0.4, -0.2) is 24.9 Å². The molecule has 0 saturated heterocycles. The van der Waals surface area contributed by atoms with Gasteiger partial charge in [-0.15, -0.1) is 0 Å². The molecule has 27 rings (SSSR count). The molecule has 0 bridgehead atoms. The number of hydrogen-bond acceptors (Lipinski definition) is 10. The number of benzene rings is 10. The Morgan fingerprint density at radius 1 is 0.299 bits per heavy atom. The van der Waals surface area contributed by atoms with Gasteiger partial charge in [-0.2, -0.15) is 0 Å². The van der Waals surface area contributed by atoms with Crippen LogP contribution in [0.25, 0.3) is 220 Å². The first-order valence-electron chi connectivity index (χ1n) is 55.3. The predicted molar refractivity (Wildman–Crippen MR) is 601 cm³/mol. The maximum atomic E-state index is 9.23. The summed E-state index contributed by atoms with van der Waals surface area (Å²) in [6.07, 6.45) is 18.2. The fraction of sp³-hybridized carbons (Fsp3) is 0.242. The molecule has 1 unspecified atom stereocenters. The van der Waals surface area contributed by atoms with Crippen molar-refractivity contribution >= 4 is 164 Å². The normalized spacial score (nSPS) is 15.0. The van der Waals surface area contributed by atoms with Crippen molar-refractivity contribution < 1.29 is 55.9 Å². The van der Waals surface area contributed by atoms with Gasteiger partial charge in [0.25, 0.3) is 0 Å². The van der Waals surface area contributed by atoms with Gasteiger partial charge in [-0.3, -0.25) is 0 Å². The molecular formula is C132H125N10O5+5. The second-order valence-electron chi connectivity index (χ2n) is 40.5. The van der Waals surface area contributed by atoms with Crippen molar-refractivity contribution in [2.24, 2.45) is 35.2 Å². The number of aryl methyl sites for hydroxylation is 17. The highest BCUT2D eigenvalue weighted by atomic mass is 16.4. The van der Waals surface area contributed by atoms with Crippen molar-refractivity contribution in [1.82, 2.24) is 24.9 Å². The molecule has 10 aromatic carbocycles. The van der Waals surface area contributed by atoms with E-state index < -0.39 is 30.9 Å². The van der Waals surface area contributed by atoms with E-state index in [0.717, 1.165) is 255 Å². The number of rotatable bonds is 9. The van der Waals surface area contributed by atoms with Crippen molar-refractivity contribution in [2.45, 2.75) is 179 Å². The Morgan fingerprint density at radius 2 is 0.551 bits per heavy atom. The van der Waals surface area contributed by atoms with Crippen LogP contribution in [0.3, 0.4) is 0 Å². The summed E-state index contributed by atoms with van der Waals surface area (Å²) in [6, 6.07) is 83.0. The van der Waals surface area contributed by atoms with E-state index in [2.05, 4.69) is 286 Å². The average molecular weight is 1940 g/mol. The largest absolute Gasteiger partial charge is 0.437 e. The summed E-state index contributed by atoms with van der Waals surface area (Å²) in [4.78, 5) is 23.3. The summed E-state index contributed by atoms with van der Waals surface area (Å²) in [7, 11) is 10.2. The Balaban J connectivity index is 0.000000105. The van der Waals surface area contributed by atoms with Crippen LogP contribution in [0.15, 0.2) is 296 Å². The van der Waals surface area contributed by atoms with Crippen LogP contribution < -0.4 is 22.8 Å².